The highest BCUT2D eigenvalue weighted by Crippen LogP contribution is 2.33. The van der Waals surface area contributed by atoms with E-state index in [1.165, 1.54) is 0 Å². The Morgan fingerprint density at radius 2 is 1.80 bits per heavy atom. The van der Waals surface area contributed by atoms with Crippen LogP contribution in [0.25, 0.3) is 5.69 Å². The van der Waals surface area contributed by atoms with Gasteiger partial charge in [0.15, 0.2) is 5.69 Å². The highest BCUT2D eigenvalue weighted by Gasteiger charge is 2.40. The van der Waals surface area contributed by atoms with Crippen molar-refractivity contribution in [2.75, 3.05) is 13.1 Å². The Balaban J connectivity index is 2.34. The number of rotatable bonds is 5. The van der Waals surface area contributed by atoms with Crippen molar-refractivity contribution in [1.29, 1.82) is 0 Å². The summed E-state index contributed by atoms with van der Waals surface area (Å²) in [6.07, 6.45) is -4.14. The highest BCUT2D eigenvalue weighted by molar-refractivity contribution is 5.97. The van der Waals surface area contributed by atoms with Crippen molar-refractivity contribution < 1.29 is 27.2 Å². The number of hydrogen-bond donors (Lipinski definition) is 2. The first-order chi connectivity index (χ1) is 11.7. The lowest BCUT2D eigenvalue weighted by Crippen LogP contribution is -2.37. The molecule has 2 amide bonds. The second-order valence-electron chi connectivity index (χ2n) is 4.93. The van der Waals surface area contributed by atoms with Crippen LogP contribution in [0.2, 0.25) is 0 Å². The van der Waals surface area contributed by atoms with Crippen molar-refractivity contribution in [2.45, 2.75) is 13.1 Å². The van der Waals surface area contributed by atoms with Gasteiger partial charge in [-0.25, -0.2) is 9.07 Å². The normalized spacial score (nSPS) is 11.2. The number of aromatic nitrogens is 2. The quantitative estimate of drug-likeness (QED) is 0.802. The van der Waals surface area contributed by atoms with Crippen molar-refractivity contribution in [2.24, 2.45) is 0 Å². The van der Waals surface area contributed by atoms with Gasteiger partial charge in [-0.2, -0.15) is 18.3 Å². The predicted octanol–water partition coefficient (Wildman–Crippen LogP) is 1.90. The van der Waals surface area contributed by atoms with E-state index in [2.05, 4.69) is 15.7 Å². The van der Waals surface area contributed by atoms with Crippen LogP contribution in [-0.2, 0) is 11.0 Å². The van der Waals surface area contributed by atoms with Gasteiger partial charge in [0.05, 0.1) is 24.0 Å². The second-order valence-corrected chi connectivity index (χ2v) is 4.93. The molecule has 0 unspecified atom stereocenters. The summed E-state index contributed by atoms with van der Waals surface area (Å²) in [4.78, 5) is 23.3. The zero-order valence-corrected chi connectivity index (χ0v) is 13.0. The third-order valence-electron chi connectivity index (χ3n) is 3.14. The topological polar surface area (TPSA) is 76.0 Å². The number of carbonyl (C=O) groups is 2. The molecule has 1 aromatic carbocycles. The molecule has 0 aliphatic carbocycles. The van der Waals surface area contributed by atoms with Crippen LogP contribution in [0.15, 0.2) is 30.5 Å². The van der Waals surface area contributed by atoms with E-state index in [1.807, 2.05) is 0 Å². The molecule has 6 nitrogen and oxygen atoms in total. The van der Waals surface area contributed by atoms with Crippen molar-refractivity contribution in [3.63, 3.8) is 0 Å². The van der Waals surface area contributed by atoms with Crippen LogP contribution in [0, 0.1) is 5.82 Å². The number of nitrogens with zero attached hydrogens (tertiary/aromatic N) is 2. The molecule has 0 aliphatic heterocycles. The molecule has 134 valence electrons. The molecule has 0 saturated carbocycles. The van der Waals surface area contributed by atoms with Crippen LogP contribution in [-0.4, -0.2) is 34.7 Å². The molecule has 0 fully saturated rings. The number of halogens is 4. The second kappa shape index (κ2) is 7.32. The molecule has 2 N–H and O–H groups in total. The van der Waals surface area contributed by atoms with Gasteiger partial charge < -0.3 is 10.6 Å². The highest BCUT2D eigenvalue weighted by atomic mass is 19.4. The minimum Gasteiger partial charge on any atom is -0.355 e. The fourth-order valence-electron chi connectivity index (χ4n) is 2.08. The van der Waals surface area contributed by atoms with Gasteiger partial charge in [-0.15, -0.1) is 0 Å². The summed E-state index contributed by atoms with van der Waals surface area (Å²) in [5.74, 6) is -2.24. The molecule has 0 spiro atoms. The molecule has 0 aliphatic rings. The minimum atomic E-state index is -4.89. The number of nitrogens with one attached hydrogen (secondary N) is 2. The van der Waals surface area contributed by atoms with Crippen LogP contribution < -0.4 is 10.6 Å². The van der Waals surface area contributed by atoms with Crippen LogP contribution in [0.4, 0.5) is 17.6 Å². The minimum absolute atomic E-state index is 0.0588. The summed E-state index contributed by atoms with van der Waals surface area (Å²) >= 11 is 0. The Bertz CT molecular complexity index is 769. The van der Waals surface area contributed by atoms with E-state index in [1.54, 1.807) is 6.92 Å². The molecule has 10 heteroatoms. The average molecular weight is 358 g/mol. The van der Waals surface area contributed by atoms with Crippen LogP contribution in [0.3, 0.4) is 0 Å². The standard InChI is InChI=1S/C15H14F4N4O2/c1-2-20-12(24)8-21-14(25)11-7-22-23(13(11)15(17,18)19)10-5-3-9(16)4-6-10/h3-7H,2,8H2,1H3,(H,20,24)(H,21,25). The van der Waals surface area contributed by atoms with E-state index in [0.29, 0.717) is 11.2 Å². The molecule has 0 saturated heterocycles. The summed E-state index contributed by atoms with van der Waals surface area (Å²) in [7, 11) is 0. The summed E-state index contributed by atoms with van der Waals surface area (Å²) in [6.45, 7) is 1.52. The third-order valence-corrected chi connectivity index (χ3v) is 3.14. The number of amides is 2. The maximum Gasteiger partial charge on any atom is 0.434 e. The molecular formula is C15H14F4N4O2. The molecule has 1 aromatic heterocycles. The summed E-state index contributed by atoms with van der Waals surface area (Å²) in [5, 5.41) is 8.09. The van der Waals surface area contributed by atoms with Gasteiger partial charge in [0.2, 0.25) is 5.91 Å². The smallest absolute Gasteiger partial charge is 0.355 e. The van der Waals surface area contributed by atoms with E-state index in [0.717, 1.165) is 30.5 Å². The maximum atomic E-state index is 13.4. The maximum absolute atomic E-state index is 13.4. The zero-order chi connectivity index (χ0) is 18.6. The van der Waals surface area contributed by atoms with E-state index in [9.17, 15) is 27.2 Å². The fraction of sp³-hybridized carbons (Fsp3) is 0.267. The lowest BCUT2D eigenvalue weighted by atomic mass is 10.2. The molecule has 0 radical (unpaired) electrons. The molecule has 0 atom stereocenters. The first kappa shape index (κ1) is 18.4. The van der Waals surface area contributed by atoms with Crippen LogP contribution in [0.5, 0.6) is 0 Å². The largest absolute Gasteiger partial charge is 0.434 e. The van der Waals surface area contributed by atoms with Gasteiger partial charge in [0, 0.05) is 6.54 Å². The lowest BCUT2D eigenvalue weighted by molar-refractivity contribution is -0.143. The molecule has 1 heterocycles. The van der Waals surface area contributed by atoms with Crippen LogP contribution >= 0.6 is 0 Å². The van der Waals surface area contributed by atoms with Crippen molar-refractivity contribution >= 4 is 11.8 Å². The van der Waals surface area contributed by atoms with Crippen molar-refractivity contribution in [1.82, 2.24) is 20.4 Å². The first-order valence-corrected chi connectivity index (χ1v) is 7.20. The van der Waals surface area contributed by atoms with E-state index >= 15 is 0 Å². The number of hydrogen-bond acceptors (Lipinski definition) is 3. The zero-order valence-electron chi connectivity index (χ0n) is 13.0. The Kier molecular flexibility index (Phi) is 5.40. The summed E-state index contributed by atoms with van der Waals surface area (Å²) in [5.41, 5.74) is -2.11. The number of alkyl halides is 3. The van der Waals surface area contributed by atoms with Crippen LogP contribution in [0.1, 0.15) is 23.0 Å². The monoisotopic (exact) mass is 358 g/mol. The fourth-order valence-corrected chi connectivity index (χ4v) is 2.08. The van der Waals surface area contributed by atoms with Crippen molar-refractivity contribution in [3.05, 3.63) is 47.5 Å². The summed E-state index contributed by atoms with van der Waals surface area (Å²) in [6, 6.07) is 4.17. The van der Waals surface area contributed by atoms with Gasteiger partial charge in [0.1, 0.15) is 5.82 Å². The average Bonchev–Trinajstić information content (AvgIpc) is 2.99. The molecular weight excluding hydrogens is 344 g/mol. The molecule has 2 rings (SSSR count). The molecule has 2 aromatic rings. The lowest BCUT2D eigenvalue weighted by Gasteiger charge is -2.12. The SMILES string of the molecule is CCNC(=O)CNC(=O)c1cnn(-c2ccc(F)cc2)c1C(F)(F)F. The van der Waals surface area contributed by atoms with Gasteiger partial charge in [0.25, 0.3) is 5.91 Å². The van der Waals surface area contributed by atoms with Gasteiger partial charge in [-0.3, -0.25) is 9.59 Å². The molecule has 25 heavy (non-hydrogen) atoms. The Morgan fingerprint density at radius 3 is 2.36 bits per heavy atom. The number of likely N-dealkylation sites (N-methyl/N-ethyl adjacent to an activating group) is 1. The first-order valence-electron chi connectivity index (χ1n) is 7.20. The summed E-state index contributed by atoms with van der Waals surface area (Å²) < 4.78 is 53.6. The molecule has 0 bridgehead atoms. The van der Waals surface area contributed by atoms with Crippen molar-refractivity contribution in [3.8, 4) is 5.69 Å². The van der Waals surface area contributed by atoms with Gasteiger partial charge >= 0.3 is 6.18 Å². The Morgan fingerprint density at radius 1 is 1.16 bits per heavy atom. The number of benzene rings is 1. The van der Waals surface area contributed by atoms with E-state index in [4.69, 9.17) is 0 Å². The van der Waals surface area contributed by atoms with Gasteiger partial charge in [-0.05, 0) is 31.2 Å². The number of carbonyl (C=O) groups excluding carboxylic acids is 2. The predicted molar refractivity (Wildman–Crippen MR) is 79.5 cm³/mol. The third kappa shape index (κ3) is 4.34. The Labute approximate surface area is 139 Å². The van der Waals surface area contributed by atoms with E-state index in [-0.39, 0.29) is 5.69 Å². The van der Waals surface area contributed by atoms with Gasteiger partial charge in [-0.1, -0.05) is 0 Å². The van der Waals surface area contributed by atoms with E-state index < -0.39 is 41.6 Å². The Hall–Kier alpha value is -2.91.